The summed E-state index contributed by atoms with van der Waals surface area (Å²) < 4.78 is 11.7. The van der Waals surface area contributed by atoms with E-state index in [1.54, 1.807) is 13.2 Å². The number of para-hydroxylation sites is 1. The van der Waals surface area contributed by atoms with E-state index in [9.17, 15) is 9.59 Å². The molecule has 2 amide bonds. The second-order valence-corrected chi connectivity index (χ2v) is 9.37. The molecular weight excluding hydrogens is 392 g/mol. The third kappa shape index (κ3) is 3.34. The lowest BCUT2D eigenvalue weighted by Gasteiger charge is -2.59. The van der Waals surface area contributed by atoms with Crippen molar-refractivity contribution in [3.8, 4) is 11.5 Å². The molecule has 31 heavy (non-hydrogen) atoms. The maximum absolute atomic E-state index is 13.2. The SMILES string of the molecule is COc1cccc(CNC(=O)[C@H]2C[C@H]3CC[C@]2(C)C[C@@]32NC(=O)c3ccccc3O2)c1. The first-order valence-corrected chi connectivity index (χ1v) is 10.9. The molecule has 3 aliphatic carbocycles. The van der Waals surface area contributed by atoms with Crippen LogP contribution in [0.5, 0.6) is 11.5 Å². The summed E-state index contributed by atoms with van der Waals surface area (Å²) >= 11 is 0. The fraction of sp³-hybridized carbons (Fsp3) is 0.440. The third-order valence-electron chi connectivity index (χ3n) is 7.42. The Morgan fingerprint density at radius 2 is 2.10 bits per heavy atom. The number of fused-ring (bicyclic) bond motifs is 3. The zero-order chi connectivity index (χ0) is 21.6. The first-order chi connectivity index (χ1) is 14.9. The van der Waals surface area contributed by atoms with Gasteiger partial charge >= 0.3 is 0 Å². The molecule has 0 radical (unpaired) electrons. The fourth-order valence-electron chi connectivity index (χ4n) is 5.75. The van der Waals surface area contributed by atoms with Gasteiger partial charge in [0.1, 0.15) is 11.5 Å². The monoisotopic (exact) mass is 420 g/mol. The summed E-state index contributed by atoms with van der Waals surface area (Å²) in [6, 6.07) is 15.1. The lowest BCUT2D eigenvalue weighted by atomic mass is 9.52. The van der Waals surface area contributed by atoms with Gasteiger partial charge in [-0.3, -0.25) is 9.59 Å². The van der Waals surface area contributed by atoms with E-state index in [0.29, 0.717) is 30.7 Å². The number of hydrogen-bond donors (Lipinski definition) is 2. The number of hydrogen-bond acceptors (Lipinski definition) is 4. The maximum atomic E-state index is 13.2. The number of amides is 2. The first kappa shape index (κ1) is 19.9. The number of rotatable bonds is 4. The predicted octanol–water partition coefficient (Wildman–Crippen LogP) is 3.66. The minimum Gasteiger partial charge on any atom is -0.497 e. The van der Waals surface area contributed by atoms with Crippen molar-refractivity contribution in [1.29, 1.82) is 0 Å². The van der Waals surface area contributed by atoms with Crippen LogP contribution in [0, 0.1) is 17.3 Å². The molecule has 1 heterocycles. The minimum atomic E-state index is -0.720. The summed E-state index contributed by atoms with van der Waals surface area (Å²) in [6.45, 7) is 2.63. The van der Waals surface area contributed by atoms with Gasteiger partial charge in [-0.15, -0.1) is 0 Å². The maximum Gasteiger partial charge on any atom is 0.258 e. The summed E-state index contributed by atoms with van der Waals surface area (Å²) in [4.78, 5) is 26.0. The Morgan fingerprint density at radius 1 is 1.26 bits per heavy atom. The molecule has 2 N–H and O–H groups in total. The average Bonchev–Trinajstić information content (AvgIpc) is 2.77. The van der Waals surface area contributed by atoms with Gasteiger partial charge < -0.3 is 20.1 Å². The standard InChI is InChI=1S/C25H28N2O4/c1-24-11-10-17(25(15-24)27-22(28)19-8-3-4-9-21(19)31-25)13-20(24)23(29)26-14-16-6-5-7-18(12-16)30-2/h3-9,12,17,20H,10-11,13-15H2,1-2H3,(H,26,29)(H,27,28)/t17-,20-,24-,25+/m1/s1. The van der Waals surface area contributed by atoms with Crippen molar-refractivity contribution < 1.29 is 19.1 Å². The van der Waals surface area contributed by atoms with E-state index in [4.69, 9.17) is 9.47 Å². The Kier molecular flexibility index (Phi) is 4.68. The van der Waals surface area contributed by atoms with E-state index in [2.05, 4.69) is 17.6 Å². The first-order valence-electron chi connectivity index (χ1n) is 10.9. The van der Waals surface area contributed by atoms with Crippen molar-refractivity contribution >= 4 is 11.8 Å². The van der Waals surface area contributed by atoms with Gasteiger partial charge in [-0.2, -0.15) is 0 Å². The Balaban J connectivity index is 1.32. The molecule has 3 fully saturated rings. The highest BCUT2D eigenvalue weighted by Crippen LogP contribution is 2.58. The molecule has 4 atom stereocenters. The largest absolute Gasteiger partial charge is 0.497 e. The smallest absolute Gasteiger partial charge is 0.258 e. The molecular formula is C25H28N2O4. The third-order valence-corrected chi connectivity index (χ3v) is 7.42. The van der Waals surface area contributed by atoms with E-state index >= 15 is 0 Å². The lowest BCUT2D eigenvalue weighted by molar-refractivity contribution is -0.167. The van der Waals surface area contributed by atoms with Crippen molar-refractivity contribution in [3.63, 3.8) is 0 Å². The topological polar surface area (TPSA) is 76.7 Å². The van der Waals surface area contributed by atoms with Gasteiger partial charge in [-0.1, -0.05) is 31.2 Å². The van der Waals surface area contributed by atoms with Gasteiger partial charge in [-0.05, 0) is 54.5 Å². The number of nitrogens with one attached hydrogen (secondary N) is 2. The van der Waals surface area contributed by atoms with Crippen molar-refractivity contribution in [3.05, 3.63) is 59.7 Å². The Labute approximate surface area is 182 Å². The van der Waals surface area contributed by atoms with Crippen LogP contribution in [-0.2, 0) is 11.3 Å². The second-order valence-electron chi connectivity index (χ2n) is 9.37. The fourth-order valence-corrected chi connectivity index (χ4v) is 5.75. The summed E-state index contributed by atoms with van der Waals surface area (Å²) in [7, 11) is 1.64. The Bertz CT molecular complexity index is 1040. The molecule has 6 nitrogen and oxygen atoms in total. The van der Waals surface area contributed by atoms with Gasteiger partial charge in [0.15, 0.2) is 5.72 Å². The van der Waals surface area contributed by atoms with Crippen LogP contribution in [0.2, 0.25) is 0 Å². The van der Waals surface area contributed by atoms with E-state index in [0.717, 1.165) is 24.2 Å². The van der Waals surface area contributed by atoms with Gasteiger partial charge in [0.25, 0.3) is 5.91 Å². The van der Waals surface area contributed by atoms with Crippen molar-refractivity contribution in [1.82, 2.24) is 10.6 Å². The Hall–Kier alpha value is -3.02. The number of carbonyl (C=O) groups excluding carboxylic acids is 2. The summed E-state index contributed by atoms with van der Waals surface area (Å²) in [5.74, 6) is 1.42. The van der Waals surface area contributed by atoms with Crippen molar-refractivity contribution in [2.45, 2.75) is 44.9 Å². The van der Waals surface area contributed by atoms with Crippen molar-refractivity contribution in [2.75, 3.05) is 7.11 Å². The van der Waals surface area contributed by atoms with Crippen LogP contribution >= 0.6 is 0 Å². The molecule has 0 unspecified atom stereocenters. The van der Waals surface area contributed by atoms with Crippen LogP contribution in [0.4, 0.5) is 0 Å². The van der Waals surface area contributed by atoms with Gasteiger partial charge in [0, 0.05) is 24.8 Å². The van der Waals surface area contributed by atoms with Crippen molar-refractivity contribution in [2.24, 2.45) is 17.3 Å². The van der Waals surface area contributed by atoms with E-state index in [1.165, 1.54) is 0 Å². The quantitative estimate of drug-likeness (QED) is 0.792. The highest BCUT2D eigenvalue weighted by Gasteiger charge is 2.61. The normalized spacial score (nSPS) is 30.8. The number of ether oxygens (including phenoxy) is 2. The zero-order valence-electron chi connectivity index (χ0n) is 17.9. The second kappa shape index (κ2) is 7.29. The zero-order valence-corrected chi connectivity index (χ0v) is 17.9. The van der Waals surface area contributed by atoms with Crippen LogP contribution in [0.15, 0.2) is 48.5 Å². The van der Waals surface area contributed by atoms with Crippen LogP contribution < -0.4 is 20.1 Å². The van der Waals surface area contributed by atoms with E-state index in [-0.39, 0.29) is 29.1 Å². The number of methoxy groups -OCH3 is 1. The summed E-state index contributed by atoms with van der Waals surface area (Å²) in [6.07, 6.45) is 3.25. The molecule has 1 aliphatic heterocycles. The van der Waals surface area contributed by atoms with Gasteiger partial charge in [0.2, 0.25) is 5.91 Å². The minimum absolute atomic E-state index is 0.0763. The van der Waals surface area contributed by atoms with Crippen LogP contribution in [-0.4, -0.2) is 24.6 Å². The predicted molar refractivity (Wildman–Crippen MR) is 116 cm³/mol. The Morgan fingerprint density at radius 3 is 2.90 bits per heavy atom. The van der Waals surface area contributed by atoms with Gasteiger partial charge in [-0.25, -0.2) is 0 Å². The molecule has 3 saturated carbocycles. The van der Waals surface area contributed by atoms with Gasteiger partial charge in [0.05, 0.1) is 12.7 Å². The van der Waals surface area contributed by atoms with Crippen LogP contribution in [0.3, 0.4) is 0 Å². The van der Waals surface area contributed by atoms with E-state index < -0.39 is 5.72 Å². The molecule has 0 aromatic heterocycles. The highest BCUT2D eigenvalue weighted by molar-refractivity contribution is 5.98. The average molecular weight is 421 g/mol. The molecule has 6 rings (SSSR count). The van der Waals surface area contributed by atoms with E-state index in [1.807, 2.05) is 42.5 Å². The molecule has 162 valence electrons. The molecule has 0 saturated heterocycles. The summed E-state index contributed by atoms with van der Waals surface area (Å²) in [5.41, 5.74) is 0.636. The molecule has 2 aromatic rings. The molecule has 6 heteroatoms. The van der Waals surface area contributed by atoms with Crippen LogP contribution in [0.1, 0.15) is 48.5 Å². The molecule has 2 bridgehead atoms. The highest BCUT2D eigenvalue weighted by atomic mass is 16.5. The molecule has 1 spiro atoms. The summed E-state index contributed by atoms with van der Waals surface area (Å²) in [5, 5.41) is 6.29. The van der Waals surface area contributed by atoms with Crippen LogP contribution in [0.25, 0.3) is 0 Å². The number of carbonyl (C=O) groups is 2. The molecule has 4 aliphatic rings. The number of benzene rings is 2. The lowest BCUT2D eigenvalue weighted by Crippen LogP contribution is -2.69. The molecule has 2 aromatic carbocycles.